The fraction of sp³-hybridized carbons (Fsp3) is 0.100. The first kappa shape index (κ1) is 11.2. The molecule has 16 heavy (non-hydrogen) atoms. The van der Waals surface area contributed by atoms with Crippen LogP contribution in [0.5, 0.6) is 0 Å². The molecule has 2 rings (SSSR count). The van der Waals surface area contributed by atoms with Gasteiger partial charge in [0.25, 0.3) is 0 Å². The molecule has 0 bridgehead atoms. The van der Waals surface area contributed by atoms with Gasteiger partial charge in [0.05, 0.1) is 11.4 Å². The number of H-pyrrole nitrogens is 1. The molecule has 0 aliphatic carbocycles. The summed E-state index contributed by atoms with van der Waals surface area (Å²) in [5.74, 6) is -1.05. The molecule has 0 atom stereocenters. The van der Waals surface area contributed by atoms with E-state index >= 15 is 0 Å². The quantitative estimate of drug-likeness (QED) is 0.892. The highest BCUT2D eigenvalue weighted by atomic mass is 79.9. The highest BCUT2D eigenvalue weighted by Gasteiger charge is 2.14. The Labute approximate surface area is 98.8 Å². The Hall–Kier alpha value is -1.27. The van der Waals surface area contributed by atoms with E-state index in [0.717, 1.165) is 18.2 Å². The van der Waals surface area contributed by atoms with E-state index in [1.165, 1.54) is 0 Å². The van der Waals surface area contributed by atoms with Crippen LogP contribution >= 0.6 is 15.9 Å². The third-order valence-electron chi connectivity index (χ3n) is 2.14. The van der Waals surface area contributed by atoms with Crippen LogP contribution < -0.4 is 5.73 Å². The third kappa shape index (κ3) is 1.98. The van der Waals surface area contributed by atoms with Crippen molar-refractivity contribution in [3.63, 3.8) is 0 Å². The van der Waals surface area contributed by atoms with Gasteiger partial charge in [0, 0.05) is 12.1 Å². The molecule has 0 aliphatic rings. The number of imidazole rings is 1. The average Bonchev–Trinajstić information content (AvgIpc) is 2.63. The molecule has 0 amide bonds. The third-order valence-corrected chi connectivity index (χ3v) is 2.51. The summed E-state index contributed by atoms with van der Waals surface area (Å²) in [6.07, 6.45) is 0. The number of nitrogens with zero attached hydrogens (tertiary/aromatic N) is 1. The fourth-order valence-electron chi connectivity index (χ4n) is 1.43. The lowest BCUT2D eigenvalue weighted by Crippen LogP contribution is -1.99. The predicted octanol–water partition coefficient (Wildman–Crippen LogP) is 2.58. The van der Waals surface area contributed by atoms with E-state index in [0.29, 0.717) is 16.1 Å². The number of aromatic amines is 1. The largest absolute Gasteiger partial charge is 0.335 e. The average molecular weight is 288 g/mol. The highest BCUT2D eigenvalue weighted by molar-refractivity contribution is 9.10. The van der Waals surface area contributed by atoms with Gasteiger partial charge in [-0.25, -0.2) is 13.8 Å². The molecule has 0 fully saturated rings. The van der Waals surface area contributed by atoms with Gasteiger partial charge in [0.15, 0.2) is 4.73 Å². The van der Waals surface area contributed by atoms with Crippen molar-refractivity contribution in [2.45, 2.75) is 6.54 Å². The molecule has 0 spiro atoms. The summed E-state index contributed by atoms with van der Waals surface area (Å²) in [7, 11) is 0. The highest BCUT2D eigenvalue weighted by Crippen LogP contribution is 2.26. The van der Waals surface area contributed by atoms with Gasteiger partial charge in [0.2, 0.25) is 0 Å². The molecule has 0 unspecified atom stereocenters. The van der Waals surface area contributed by atoms with E-state index in [1.807, 2.05) is 0 Å². The number of nitrogens with two attached hydrogens (primary N) is 1. The van der Waals surface area contributed by atoms with Crippen LogP contribution in [-0.4, -0.2) is 9.97 Å². The first-order valence-electron chi connectivity index (χ1n) is 4.51. The molecular weight excluding hydrogens is 280 g/mol. The zero-order chi connectivity index (χ0) is 11.7. The number of aromatic nitrogens is 2. The van der Waals surface area contributed by atoms with Gasteiger partial charge in [-0.2, -0.15) is 0 Å². The smallest absolute Gasteiger partial charge is 0.175 e. The number of hydrogen-bond acceptors (Lipinski definition) is 2. The Morgan fingerprint density at radius 1 is 1.38 bits per heavy atom. The summed E-state index contributed by atoms with van der Waals surface area (Å²) in [5.41, 5.74) is 6.46. The fourth-order valence-corrected chi connectivity index (χ4v) is 1.84. The van der Waals surface area contributed by atoms with E-state index in [9.17, 15) is 8.78 Å². The minimum Gasteiger partial charge on any atom is -0.335 e. The minimum atomic E-state index is -0.532. The summed E-state index contributed by atoms with van der Waals surface area (Å²) < 4.78 is 27.0. The second kappa shape index (κ2) is 4.31. The van der Waals surface area contributed by atoms with Crippen molar-refractivity contribution in [1.29, 1.82) is 0 Å². The van der Waals surface area contributed by atoms with Crippen LogP contribution in [0.25, 0.3) is 11.3 Å². The second-order valence-electron chi connectivity index (χ2n) is 3.18. The van der Waals surface area contributed by atoms with Gasteiger partial charge in [-0.3, -0.25) is 0 Å². The maximum atomic E-state index is 13.5. The van der Waals surface area contributed by atoms with E-state index in [1.54, 1.807) is 0 Å². The van der Waals surface area contributed by atoms with Gasteiger partial charge < -0.3 is 10.7 Å². The SMILES string of the molecule is NCc1[nH]c(Br)nc1-c1cc(F)ccc1F. The molecular formula is C10H8BrF2N3. The van der Waals surface area contributed by atoms with Gasteiger partial charge in [-0.1, -0.05) is 0 Å². The number of nitrogens with one attached hydrogen (secondary N) is 1. The Bertz CT molecular complexity index is 525. The minimum absolute atomic E-state index is 0.0994. The van der Waals surface area contributed by atoms with Crippen molar-refractivity contribution in [3.8, 4) is 11.3 Å². The zero-order valence-electron chi connectivity index (χ0n) is 8.10. The van der Waals surface area contributed by atoms with Gasteiger partial charge in [-0.05, 0) is 34.1 Å². The van der Waals surface area contributed by atoms with Crippen LogP contribution in [0.4, 0.5) is 8.78 Å². The van der Waals surface area contributed by atoms with Crippen molar-refractivity contribution in [2.75, 3.05) is 0 Å². The van der Waals surface area contributed by atoms with Crippen LogP contribution in [0.2, 0.25) is 0 Å². The summed E-state index contributed by atoms with van der Waals surface area (Å²) in [4.78, 5) is 6.86. The summed E-state index contributed by atoms with van der Waals surface area (Å²) >= 11 is 3.13. The standard InChI is InChI=1S/C10H8BrF2N3/c11-10-15-8(4-14)9(16-10)6-3-5(12)1-2-7(6)13/h1-3H,4,14H2,(H,15,16). The van der Waals surface area contributed by atoms with Gasteiger partial charge in [0.1, 0.15) is 11.6 Å². The molecule has 0 aliphatic heterocycles. The van der Waals surface area contributed by atoms with Crippen LogP contribution in [0, 0.1) is 11.6 Å². The van der Waals surface area contributed by atoms with Crippen molar-refractivity contribution in [1.82, 2.24) is 9.97 Å². The van der Waals surface area contributed by atoms with Crippen LogP contribution in [0.3, 0.4) is 0 Å². The summed E-state index contributed by atoms with van der Waals surface area (Å²) in [6, 6.07) is 3.22. The molecule has 1 heterocycles. The Morgan fingerprint density at radius 3 is 2.81 bits per heavy atom. The van der Waals surface area contributed by atoms with Crippen LogP contribution in [0.1, 0.15) is 5.69 Å². The van der Waals surface area contributed by atoms with Crippen molar-refractivity contribution < 1.29 is 8.78 Å². The Kier molecular flexibility index (Phi) is 3.02. The topological polar surface area (TPSA) is 54.7 Å². The molecule has 3 nitrogen and oxygen atoms in total. The van der Waals surface area contributed by atoms with E-state index < -0.39 is 11.6 Å². The normalized spacial score (nSPS) is 10.8. The molecule has 0 radical (unpaired) electrons. The molecule has 2 aromatic rings. The number of rotatable bonds is 2. The molecule has 1 aromatic heterocycles. The summed E-state index contributed by atoms with van der Waals surface area (Å²) in [6.45, 7) is 0.171. The van der Waals surface area contributed by atoms with Gasteiger partial charge >= 0.3 is 0 Å². The first-order chi connectivity index (χ1) is 7.61. The second-order valence-corrected chi connectivity index (χ2v) is 3.93. The van der Waals surface area contributed by atoms with Crippen LogP contribution in [-0.2, 0) is 6.54 Å². The Morgan fingerprint density at radius 2 is 2.12 bits per heavy atom. The predicted molar refractivity (Wildman–Crippen MR) is 59.5 cm³/mol. The van der Waals surface area contributed by atoms with Crippen molar-refractivity contribution >= 4 is 15.9 Å². The van der Waals surface area contributed by atoms with E-state index in [2.05, 4.69) is 25.9 Å². The lowest BCUT2D eigenvalue weighted by atomic mass is 10.1. The van der Waals surface area contributed by atoms with Gasteiger partial charge in [-0.15, -0.1) is 0 Å². The molecule has 0 saturated carbocycles. The lowest BCUT2D eigenvalue weighted by molar-refractivity contribution is 0.602. The monoisotopic (exact) mass is 287 g/mol. The molecule has 1 aromatic carbocycles. The number of benzene rings is 1. The zero-order valence-corrected chi connectivity index (χ0v) is 9.68. The molecule has 0 saturated heterocycles. The maximum absolute atomic E-state index is 13.5. The number of halogens is 3. The van der Waals surface area contributed by atoms with Crippen molar-refractivity contribution in [2.24, 2.45) is 5.73 Å². The van der Waals surface area contributed by atoms with Crippen molar-refractivity contribution in [3.05, 3.63) is 40.3 Å². The van der Waals surface area contributed by atoms with E-state index in [4.69, 9.17) is 5.73 Å². The Balaban J connectivity index is 2.61. The number of hydrogen-bond donors (Lipinski definition) is 2. The summed E-state index contributed by atoms with van der Waals surface area (Å²) in [5, 5.41) is 0. The first-order valence-corrected chi connectivity index (χ1v) is 5.31. The lowest BCUT2D eigenvalue weighted by Gasteiger charge is -2.02. The van der Waals surface area contributed by atoms with E-state index in [-0.39, 0.29) is 12.1 Å². The maximum Gasteiger partial charge on any atom is 0.175 e. The van der Waals surface area contributed by atoms with Crippen LogP contribution in [0.15, 0.2) is 22.9 Å². The molecule has 3 N–H and O–H groups in total. The molecule has 84 valence electrons. The molecule has 6 heteroatoms.